The number of benzene rings is 1. The molecule has 0 saturated carbocycles. The normalized spacial score (nSPS) is 10.7. The van der Waals surface area contributed by atoms with E-state index in [4.69, 9.17) is 9.94 Å². The molecule has 0 spiro atoms. The molecule has 1 aromatic carbocycles. The summed E-state index contributed by atoms with van der Waals surface area (Å²) < 4.78 is 20.1. The third kappa shape index (κ3) is 2.45. The van der Waals surface area contributed by atoms with Crippen molar-refractivity contribution in [2.24, 2.45) is 0 Å². The van der Waals surface area contributed by atoms with Gasteiger partial charge in [-0.2, -0.15) is 4.68 Å². The third-order valence-electron chi connectivity index (χ3n) is 2.71. The highest BCUT2D eigenvalue weighted by atomic mass is 19.1. The van der Waals surface area contributed by atoms with Crippen LogP contribution in [0.25, 0.3) is 5.69 Å². The van der Waals surface area contributed by atoms with Crippen LogP contribution in [0.3, 0.4) is 0 Å². The molecule has 3 rings (SSSR count). The van der Waals surface area contributed by atoms with Gasteiger partial charge in [0, 0.05) is 6.07 Å². The highest BCUT2D eigenvalue weighted by molar-refractivity contribution is 5.40. The number of rotatable bonds is 4. The van der Waals surface area contributed by atoms with Crippen molar-refractivity contribution in [3.05, 3.63) is 52.3 Å². The van der Waals surface area contributed by atoms with Crippen molar-refractivity contribution in [2.45, 2.75) is 6.61 Å². The second-order valence-electron chi connectivity index (χ2n) is 4.02. The summed E-state index contributed by atoms with van der Waals surface area (Å²) in [7, 11) is 0. The Hall–Kier alpha value is -3.17. The summed E-state index contributed by atoms with van der Waals surface area (Å²) in [6.07, 6.45) is 1.26. The van der Waals surface area contributed by atoms with E-state index in [0.717, 1.165) is 4.68 Å². The zero-order valence-corrected chi connectivity index (χ0v) is 10.5. The molecule has 0 amide bonds. The van der Waals surface area contributed by atoms with Crippen LogP contribution in [0.15, 0.2) is 35.3 Å². The SMILES string of the molecule is O=c1[nH]nnn1-c1cccc(F)c1COc1ccn(O)n1. The van der Waals surface area contributed by atoms with Crippen molar-refractivity contribution >= 4 is 0 Å². The zero-order chi connectivity index (χ0) is 14.8. The molecule has 108 valence electrons. The highest BCUT2D eigenvalue weighted by Gasteiger charge is 2.14. The lowest BCUT2D eigenvalue weighted by molar-refractivity contribution is 0.141. The van der Waals surface area contributed by atoms with Crippen LogP contribution in [0.5, 0.6) is 5.88 Å². The Kier molecular flexibility index (Phi) is 3.10. The Balaban J connectivity index is 1.94. The molecular formula is C11H9FN6O3. The van der Waals surface area contributed by atoms with Crippen molar-refractivity contribution in [3.8, 4) is 11.6 Å². The van der Waals surface area contributed by atoms with Gasteiger partial charge in [-0.15, -0.1) is 4.85 Å². The Morgan fingerprint density at radius 2 is 2.24 bits per heavy atom. The maximum Gasteiger partial charge on any atom is 0.365 e. The molecule has 2 aromatic heterocycles. The van der Waals surface area contributed by atoms with E-state index in [9.17, 15) is 9.18 Å². The van der Waals surface area contributed by atoms with Gasteiger partial charge in [0.15, 0.2) is 0 Å². The fourth-order valence-electron chi connectivity index (χ4n) is 1.77. The zero-order valence-electron chi connectivity index (χ0n) is 10.5. The van der Waals surface area contributed by atoms with Crippen LogP contribution in [0.4, 0.5) is 4.39 Å². The lowest BCUT2D eigenvalue weighted by Gasteiger charge is -2.09. The first-order chi connectivity index (χ1) is 10.1. The Bertz CT molecular complexity index is 823. The average molecular weight is 292 g/mol. The first kappa shape index (κ1) is 12.8. The predicted octanol–water partition coefficient (Wildman–Crippen LogP) is 0.107. The molecule has 0 unspecified atom stereocenters. The smallest absolute Gasteiger partial charge is 0.365 e. The van der Waals surface area contributed by atoms with Crippen molar-refractivity contribution < 1.29 is 14.3 Å². The molecule has 0 aliphatic carbocycles. The van der Waals surface area contributed by atoms with E-state index >= 15 is 0 Å². The van der Waals surface area contributed by atoms with Crippen molar-refractivity contribution in [1.82, 2.24) is 30.2 Å². The number of nitrogens with zero attached hydrogens (tertiary/aromatic N) is 5. The summed E-state index contributed by atoms with van der Waals surface area (Å²) in [4.78, 5) is 12.1. The molecule has 2 heterocycles. The van der Waals surface area contributed by atoms with Gasteiger partial charge in [0.05, 0.1) is 17.4 Å². The van der Waals surface area contributed by atoms with Crippen molar-refractivity contribution in [2.75, 3.05) is 0 Å². The summed E-state index contributed by atoms with van der Waals surface area (Å²) in [5, 5.41) is 21.7. The number of aromatic nitrogens is 6. The van der Waals surface area contributed by atoms with Gasteiger partial charge in [-0.25, -0.2) is 14.3 Å². The van der Waals surface area contributed by atoms with E-state index in [1.54, 1.807) is 0 Å². The second-order valence-corrected chi connectivity index (χ2v) is 4.02. The summed E-state index contributed by atoms with van der Waals surface area (Å²) in [5.41, 5.74) is -0.278. The molecule has 0 fully saturated rings. The molecule has 0 atom stereocenters. The van der Waals surface area contributed by atoms with E-state index in [0.29, 0.717) is 4.85 Å². The standard InChI is InChI=1S/C11H9FN6O3/c12-8-2-1-3-9(18-11(19)13-15-16-18)7(8)6-21-10-4-5-17(20)14-10/h1-5,20H,6H2,(H,13,16,19). The van der Waals surface area contributed by atoms with Gasteiger partial charge in [-0.05, 0) is 22.6 Å². The number of H-pyrrole nitrogens is 1. The number of tetrazole rings is 1. The van der Waals surface area contributed by atoms with Gasteiger partial charge in [-0.1, -0.05) is 11.2 Å². The molecule has 21 heavy (non-hydrogen) atoms. The van der Waals surface area contributed by atoms with Gasteiger partial charge in [0.1, 0.15) is 12.4 Å². The monoisotopic (exact) mass is 292 g/mol. The van der Waals surface area contributed by atoms with Crippen LogP contribution in [0.1, 0.15) is 5.56 Å². The molecule has 2 N–H and O–H groups in total. The summed E-state index contributed by atoms with van der Waals surface area (Å²) in [6.45, 7) is -0.196. The topological polar surface area (TPSA) is 111 Å². The number of ether oxygens (including phenoxy) is 1. The molecule has 10 heteroatoms. The Morgan fingerprint density at radius 3 is 2.90 bits per heavy atom. The maximum absolute atomic E-state index is 14.0. The van der Waals surface area contributed by atoms with Crippen molar-refractivity contribution in [1.29, 1.82) is 0 Å². The van der Waals surface area contributed by atoms with Gasteiger partial charge >= 0.3 is 5.69 Å². The fourth-order valence-corrected chi connectivity index (χ4v) is 1.77. The minimum atomic E-state index is -0.596. The number of hydrogen-bond acceptors (Lipinski definition) is 6. The maximum atomic E-state index is 14.0. The molecule has 0 aliphatic heterocycles. The van der Waals surface area contributed by atoms with Crippen LogP contribution in [0.2, 0.25) is 0 Å². The minimum absolute atomic E-state index is 0.110. The summed E-state index contributed by atoms with van der Waals surface area (Å²) >= 11 is 0. The van der Waals surface area contributed by atoms with Crippen LogP contribution < -0.4 is 10.4 Å². The van der Waals surface area contributed by atoms with Crippen LogP contribution in [-0.2, 0) is 6.61 Å². The van der Waals surface area contributed by atoms with Crippen LogP contribution >= 0.6 is 0 Å². The lowest BCUT2D eigenvalue weighted by Crippen LogP contribution is -2.18. The largest absolute Gasteiger partial charge is 0.471 e. The van der Waals surface area contributed by atoms with E-state index in [2.05, 4.69) is 20.6 Å². The molecule has 0 radical (unpaired) electrons. The fraction of sp³-hybridized carbons (Fsp3) is 0.0909. The molecule has 3 aromatic rings. The first-order valence-electron chi connectivity index (χ1n) is 5.81. The number of aromatic amines is 1. The molecule has 9 nitrogen and oxygen atoms in total. The Morgan fingerprint density at radius 1 is 1.38 bits per heavy atom. The third-order valence-corrected chi connectivity index (χ3v) is 2.71. The first-order valence-corrected chi connectivity index (χ1v) is 5.81. The molecule has 0 aliphatic rings. The Labute approximate surface area is 116 Å². The van der Waals surface area contributed by atoms with Gasteiger partial charge in [-0.3, -0.25) is 0 Å². The van der Waals surface area contributed by atoms with E-state index in [1.807, 2.05) is 0 Å². The second kappa shape index (κ2) is 5.07. The minimum Gasteiger partial charge on any atom is -0.471 e. The van der Waals surface area contributed by atoms with Crippen molar-refractivity contribution in [3.63, 3.8) is 0 Å². The highest BCUT2D eigenvalue weighted by Crippen LogP contribution is 2.18. The molecular weight excluding hydrogens is 283 g/mol. The number of hydrogen-bond donors (Lipinski definition) is 2. The number of nitrogens with one attached hydrogen (secondary N) is 1. The average Bonchev–Trinajstić information content (AvgIpc) is 3.06. The van der Waals surface area contributed by atoms with E-state index in [-0.39, 0.29) is 23.7 Å². The molecule has 0 saturated heterocycles. The van der Waals surface area contributed by atoms with E-state index in [1.165, 1.54) is 30.5 Å². The van der Waals surface area contributed by atoms with Gasteiger partial charge in [0.2, 0.25) is 5.88 Å². The predicted molar refractivity (Wildman–Crippen MR) is 65.7 cm³/mol. The van der Waals surface area contributed by atoms with Crippen LogP contribution in [0, 0.1) is 5.82 Å². The quantitative estimate of drug-likeness (QED) is 0.660. The summed E-state index contributed by atoms with van der Waals surface area (Å²) in [5.74, 6) is -0.454. The molecule has 0 bridgehead atoms. The van der Waals surface area contributed by atoms with E-state index < -0.39 is 11.5 Å². The van der Waals surface area contributed by atoms with Crippen LogP contribution in [-0.4, -0.2) is 35.4 Å². The van der Waals surface area contributed by atoms with Gasteiger partial charge < -0.3 is 9.94 Å². The number of halogens is 1. The van der Waals surface area contributed by atoms with Gasteiger partial charge in [0.25, 0.3) is 0 Å². The lowest BCUT2D eigenvalue weighted by atomic mass is 10.2. The summed E-state index contributed by atoms with van der Waals surface area (Å²) in [6, 6.07) is 5.59.